The van der Waals surface area contributed by atoms with Crippen LogP contribution in [0.5, 0.6) is 11.5 Å². The van der Waals surface area contributed by atoms with Gasteiger partial charge in [-0.2, -0.15) is 0 Å². The Morgan fingerprint density at radius 1 is 0.800 bits per heavy atom. The SMILES string of the molecule is COc1cc(OC)c(-c2nc3c4cc(I)ccc4c4ccc(I)cc4c3[nH]2)cc1Br. The van der Waals surface area contributed by atoms with E-state index in [-0.39, 0.29) is 0 Å². The molecule has 0 saturated heterocycles. The summed E-state index contributed by atoms with van der Waals surface area (Å²) in [6.07, 6.45) is 0. The minimum absolute atomic E-state index is 0.701. The van der Waals surface area contributed by atoms with Crippen LogP contribution in [0.1, 0.15) is 0 Å². The molecule has 1 N–H and O–H groups in total. The van der Waals surface area contributed by atoms with E-state index >= 15 is 0 Å². The topological polar surface area (TPSA) is 47.1 Å². The molecule has 1 heterocycles. The first-order valence-corrected chi connectivity index (χ1v) is 12.1. The lowest BCUT2D eigenvalue weighted by Crippen LogP contribution is -1.92. The number of aromatic nitrogens is 2. The zero-order chi connectivity index (χ0) is 21.0. The largest absolute Gasteiger partial charge is 0.496 e. The van der Waals surface area contributed by atoms with Gasteiger partial charge in [0.05, 0.1) is 35.3 Å². The minimum Gasteiger partial charge on any atom is -0.496 e. The van der Waals surface area contributed by atoms with Gasteiger partial charge in [0.15, 0.2) is 0 Å². The quantitative estimate of drug-likeness (QED) is 0.158. The maximum atomic E-state index is 5.64. The number of methoxy groups -OCH3 is 2. The van der Waals surface area contributed by atoms with Crippen molar-refractivity contribution in [2.75, 3.05) is 14.2 Å². The molecule has 0 fully saturated rings. The normalized spacial score (nSPS) is 11.5. The van der Waals surface area contributed by atoms with Gasteiger partial charge >= 0.3 is 0 Å². The molecule has 5 aromatic rings. The highest BCUT2D eigenvalue weighted by Crippen LogP contribution is 2.41. The highest BCUT2D eigenvalue weighted by atomic mass is 127. The van der Waals surface area contributed by atoms with Gasteiger partial charge in [-0.15, -0.1) is 0 Å². The second kappa shape index (κ2) is 7.83. The molecule has 4 aromatic carbocycles. The first-order chi connectivity index (χ1) is 14.5. The van der Waals surface area contributed by atoms with Crippen LogP contribution < -0.4 is 9.47 Å². The van der Waals surface area contributed by atoms with Crippen LogP contribution in [-0.2, 0) is 0 Å². The van der Waals surface area contributed by atoms with Gasteiger partial charge in [-0.3, -0.25) is 0 Å². The lowest BCUT2D eigenvalue weighted by molar-refractivity contribution is 0.393. The van der Waals surface area contributed by atoms with Gasteiger partial charge in [0.25, 0.3) is 0 Å². The number of benzene rings is 4. The molecule has 0 atom stereocenters. The Kier molecular flexibility index (Phi) is 5.30. The molecule has 30 heavy (non-hydrogen) atoms. The average Bonchev–Trinajstić information content (AvgIpc) is 3.19. The molecule has 0 amide bonds. The van der Waals surface area contributed by atoms with Gasteiger partial charge in [-0.05, 0) is 102 Å². The summed E-state index contributed by atoms with van der Waals surface area (Å²) in [7, 11) is 3.30. The van der Waals surface area contributed by atoms with Crippen LogP contribution in [0, 0.1) is 7.14 Å². The fourth-order valence-corrected chi connectivity index (χ4v) is 5.33. The Hall–Kier alpha value is -1.59. The number of nitrogens with zero attached hydrogens (tertiary/aromatic N) is 1. The summed E-state index contributed by atoms with van der Waals surface area (Å²) in [5.41, 5.74) is 2.86. The lowest BCUT2D eigenvalue weighted by Gasteiger charge is -2.10. The Morgan fingerprint density at radius 3 is 2.10 bits per heavy atom. The maximum Gasteiger partial charge on any atom is 0.142 e. The smallest absolute Gasteiger partial charge is 0.142 e. The number of imidazole rings is 1. The predicted octanol–water partition coefficient (Wildman–Crippen LogP) is 7.53. The van der Waals surface area contributed by atoms with E-state index in [4.69, 9.17) is 14.5 Å². The summed E-state index contributed by atoms with van der Waals surface area (Å²) in [5, 5.41) is 4.72. The first kappa shape index (κ1) is 20.3. The van der Waals surface area contributed by atoms with E-state index in [1.165, 1.54) is 17.9 Å². The van der Waals surface area contributed by atoms with Crippen molar-refractivity contribution in [3.63, 3.8) is 0 Å². The summed E-state index contributed by atoms with van der Waals surface area (Å²) >= 11 is 8.29. The number of halogens is 3. The molecule has 0 aliphatic heterocycles. The van der Waals surface area contributed by atoms with Gasteiger partial charge < -0.3 is 14.5 Å². The molecule has 4 nitrogen and oxygen atoms in total. The van der Waals surface area contributed by atoms with E-state index < -0.39 is 0 Å². The standard InChI is InChI=1S/C23H15BrI2N2O2/c1-29-19-10-20(30-2)18(24)9-17(19)23-27-21-15-7-11(25)3-5-13(15)14-6-4-12(26)8-16(14)22(21)28-23/h3-10H,1-2H3,(H,27,28). The minimum atomic E-state index is 0.701. The Bertz CT molecular complexity index is 1380. The van der Waals surface area contributed by atoms with Crippen LogP contribution in [0.2, 0.25) is 0 Å². The van der Waals surface area contributed by atoms with Gasteiger partial charge in [0.1, 0.15) is 17.3 Å². The first-order valence-electron chi connectivity index (χ1n) is 9.12. The number of hydrogen-bond donors (Lipinski definition) is 1. The third-order valence-electron chi connectivity index (χ3n) is 5.21. The summed E-state index contributed by atoms with van der Waals surface area (Å²) in [6.45, 7) is 0. The van der Waals surface area contributed by atoms with Crippen molar-refractivity contribution < 1.29 is 9.47 Å². The van der Waals surface area contributed by atoms with Crippen LogP contribution in [-0.4, -0.2) is 24.2 Å². The molecule has 0 spiro atoms. The zero-order valence-corrected chi connectivity index (χ0v) is 21.9. The molecule has 0 unspecified atom stereocenters. The lowest BCUT2D eigenvalue weighted by atomic mass is 10.0. The third-order valence-corrected chi connectivity index (χ3v) is 7.17. The van der Waals surface area contributed by atoms with E-state index in [1.54, 1.807) is 14.2 Å². The van der Waals surface area contributed by atoms with Crippen molar-refractivity contribution in [2.45, 2.75) is 0 Å². The monoisotopic (exact) mass is 684 g/mol. The van der Waals surface area contributed by atoms with Crippen LogP contribution in [0.3, 0.4) is 0 Å². The fraction of sp³-hybridized carbons (Fsp3) is 0.0870. The summed E-state index contributed by atoms with van der Waals surface area (Å²) < 4.78 is 14.3. The molecule has 0 saturated carbocycles. The highest BCUT2D eigenvalue weighted by Gasteiger charge is 2.18. The summed E-state index contributed by atoms with van der Waals surface area (Å²) in [4.78, 5) is 8.61. The van der Waals surface area contributed by atoms with E-state index in [2.05, 4.69) is 102 Å². The van der Waals surface area contributed by atoms with Crippen LogP contribution in [0.15, 0.2) is 53.0 Å². The molecule has 0 bridgehead atoms. The average molecular weight is 685 g/mol. The Labute approximate surface area is 208 Å². The molecule has 5 rings (SSSR count). The molecule has 0 aliphatic rings. The molecule has 1 aromatic heterocycles. The van der Waals surface area contributed by atoms with E-state index in [0.29, 0.717) is 11.5 Å². The summed E-state index contributed by atoms with van der Waals surface area (Å²) in [5.74, 6) is 2.18. The van der Waals surface area contributed by atoms with Crippen molar-refractivity contribution >= 4 is 93.7 Å². The molecule has 7 heteroatoms. The fourth-order valence-electron chi connectivity index (χ4n) is 3.84. The van der Waals surface area contributed by atoms with Crippen molar-refractivity contribution in [1.82, 2.24) is 9.97 Å². The van der Waals surface area contributed by atoms with Crippen LogP contribution >= 0.6 is 61.1 Å². The summed E-state index contributed by atoms with van der Waals surface area (Å²) in [6, 6.07) is 16.9. The van der Waals surface area contributed by atoms with E-state index in [9.17, 15) is 0 Å². The third kappa shape index (κ3) is 3.25. The van der Waals surface area contributed by atoms with Crippen LogP contribution in [0.4, 0.5) is 0 Å². The van der Waals surface area contributed by atoms with Crippen molar-refractivity contribution in [3.05, 3.63) is 60.1 Å². The maximum absolute atomic E-state index is 5.64. The predicted molar refractivity (Wildman–Crippen MR) is 143 cm³/mol. The van der Waals surface area contributed by atoms with Crippen molar-refractivity contribution in [3.8, 4) is 22.9 Å². The Morgan fingerprint density at radius 2 is 1.43 bits per heavy atom. The van der Waals surface area contributed by atoms with Crippen molar-refractivity contribution in [2.24, 2.45) is 0 Å². The number of hydrogen-bond acceptors (Lipinski definition) is 3. The molecule has 0 aliphatic carbocycles. The van der Waals surface area contributed by atoms with Crippen molar-refractivity contribution in [1.29, 1.82) is 0 Å². The number of H-pyrrole nitrogens is 1. The van der Waals surface area contributed by atoms with Gasteiger partial charge in [-0.1, -0.05) is 12.1 Å². The van der Waals surface area contributed by atoms with Gasteiger partial charge in [-0.25, -0.2) is 4.98 Å². The molecule has 150 valence electrons. The Balaban J connectivity index is 1.91. The number of rotatable bonds is 3. The zero-order valence-electron chi connectivity index (χ0n) is 16.0. The van der Waals surface area contributed by atoms with Crippen LogP contribution in [0.25, 0.3) is 44.0 Å². The molecule has 0 radical (unpaired) electrons. The molecular weight excluding hydrogens is 670 g/mol. The highest BCUT2D eigenvalue weighted by molar-refractivity contribution is 14.1. The van der Waals surface area contributed by atoms with Gasteiger partial charge in [0, 0.05) is 24.0 Å². The second-order valence-corrected chi connectivity index (χ2v) is 10.2. The van der Waals surface area contributed by atoms with Gasteiger partial charge in [0.2, 0.25) is 0 Å². The number of ether oxygens (including phenoxy) is 2. The van der Waals surface area contributed by atoms with E-state index in [1.807, 2.05) is 12.1 Å². The molecular formula is C23H15BrI2N2O2. The number of aromatic amines is 1. The number of fused-ring (bicyclic) bond motifs is 6. The number of nitrogens with one attached hydrogen (secondary N) is 1. The van der Waals surface area contributed by atoms with E-state index in [0.717, 1.165) is 37.7 Å². The second-order valence-electron chi connectivity index (χ2n) is 6.88.